The van der Waals surface area contributed by atoms with Gasteiger partial charge in [-0.25, -0.2) is 4.79 Å². The lowest BCUT2D eigenvalue weighted by molar-refractivity contribution is 0.0601. The van der Waals surface area contributed by atoms with Crippen LogP contribution in [-0.4, -0.2) is 13.1 Å². The molecule has 3 aromatic rings. The first kappa shape index (κ1) is 17.2. The van der Waals surface area contributed by atoms with E-state index in [1.54, 1.807) is 6.08 Å². The third kappa shape index (κ3) is 3.72. The Labute approximate surface area is 155 Å². The van der Waals surface area contributed by atoms with Gasteiger partial charge in [0.2, 0.25) is 0 Å². The number of hydrogen-bond acceptors (Lipinski definition) is 2. The van der Waals surface area contributed by atoms with E-state index in [1.807, 2.05) is 66.7 Å². The van der Waals surface area contributed by atoms with Crippen molar-refractivity contribution in [2.24, 2.45) is 0 Å². The molecule has 2 nitrogen and oxygen atoms in total. The van der Waals surface area contributed by atoms with Crippen molar-refractivity contribution < 1.29 is 9.53 Å². The van der Waals surface area contributed by atoms with E-state index in [0.717, 1.165) is 32.3 Å². The van der Waals surface area contributed by atoms with Crippen molar-refractivity contribution >= 4 is 28.0 Å². The monoisotopic (exact) mass is 392 g/mol. The van der Waals surface area contributed by atoms with Crippen molar-refractivity contribution in [3.8, 4) is 22.3 Å². The molecule has 0 aliphatic rings. The Morgan fingerprint density at radius 1 is 0.920 bits per heavy atom. The molecule has 0 amide bonds. The van der Waals surface area contributed by atoms with Gasteiger partial charge < -0.3 is 4.74 Å². The van der Waals surface area contributed by atoms with Gasteiger partial charge in [-0.3, -0.25) is 0 Å². The maximum atomic E-state index is 12.3. The quantitative estimate of drug-likeness (QED) is 0.493. The van der Waals surface area contributed by atoms with Gasteiger partial charge in [0.25, 0.3) is 0 Å². The summed E-state index contributed by atoms with van der Waals surface area (Å²) in [6.07, 6.45) is 1.79. The summed E-state index contributed by atoms with van der Waals surface area (Å²) < 4.78 is 6.01. The van der Waals surface area contributed by atoms with E-state index < -0.39 is 0 Å². The molecule has 3 aromatic carbocycles. The summed E-state index contributed by atoms with van der Waals surface area (Å²) in [4.78, 5) is 12.3. The van der Waals surface area contributed by atoms with E-state index in [9.17, 15) is 4.79 Å². The van der Waals surface area contributed by atoms with E-state index in [2.05, 4.69) is 22.5 Å². The molecular formula is C22H17BrO2. The van der Waals surface area contributed by atoms with Gasteiger partial charge in [-0.2, -0.15) is 0 Å². The van der Waals surface area contributed by atoms with Gasteiger partial charge >= 0.3 is 5.97 Å². The number of benzene rings is 3. The van der Waals surface area contributed by atoms with Crippen LogP contribution in [-0.2, 0) is 4.74 Å². The van der Waals surface area contributed by atoms with Crippen LogP contribution in [0, 0.1) is 0 Å². The molecule has 0 saturated heterocycles. The molecule has 0 radical (unpaired) electrons. The van der Waals surface area contributed by atoms with Gasteiger partial charge in [0.1, 0.15) is 0 Å². The minimum atomic E-state index is -0.346. The second-order valence-electron chi connectivity index (χ2n) is 5.58. The number of ether oxygens (including phenoxy) is 1. The Kier molecular flexibility index (Phi) is 5.15. The molecule has 0 aliphatic carbocycles. The summed E-state index contributed by atoms with van der Waals surface area (Å²) in [5.41, 5.74) is 5.42. The van der Waals surface area contributed by atoms with E-state index >= 15 is 0 Å². The van der Waals surface area contributed by atoms with Crippen LogP contribution in [0.2, 0.25) is 0 Å². The number of hydrogen-bond donors (Lipinski definition) is 0. The van der Waals surface area contributed by atoms with Crippen LogP contribution >= 0.6 is 15.9 Å². The zero-order valence-corrected chi connectivity index (χ0v) is 15.4. The number of esters is 1. The minimum Gasteiger partial charge on any atom is -0.465 e. The molecule has 3 rings (SSSR count). The highest BCUT2D eigenvalue weighted by molar-refractivity contribution is 9.10. The van der Waals surface area contributed by atoms with Crippen molar-refractivity contribution in [2.45, 2.75) is 0 Å². The van der Waals surface area contributed by atoms with Crippen molar-refractivity contribution in [2.75, 3.05) is 7.11 Å². The highest BCUT2D eigenvalue weighted by Crippen LogP contribution is 2.30. The molecule has 0 aromatic heterocycles. The Hall–Kier alpha value is -2.65. The van der Waals surface area contributed by atoms with Crippen molar-refractivity contribution in [1.82, 2.24) is 0 Å². The molecule has 25 heavy (non-hydrogen) atoms. The smallest absolute Gasteiger partial charge is 0.338 e. The predicted octanol–water partition coefficient (Wildman–Crippen LogP) is 6.21. The fourth-order valence-electron chi connectivity index (χ4n) is 2.70. The third-order valence-electron chi connectivity index (χ3n) is 4.06. The van der Waals surface area contributed by atoms with Gasteiger partial charge in [-0.1, -0.05) is 77.1 Å². The number of methoxy groups -OCH3 is 1. The molecule has 0 fully saturated rings. The van der Waals surface area contributed by atoms with Crippen molar-refractivity contribution in [1.29, 1.82) is 0 Å². The fourth-order valence-corrected chi connectivity index (χ4v) is 2.96. The molecule has 124 valence electrons. The van der Waals surface area contributed by atoms with Crippen LogP contribution in [0.1, 0.15) is 15.9 Å². The summed E-state index contributed by atoms with van der Waals surface area (Å²) in [6.45, 7) is 3.77. The summed E-state index contributed by atoms with van der Waals surface area (Å²) in [7, 11) is 1.40. The van der Waals surface area contributed by atoms with Gasteiger partial charge in [0, 0.05) is 4.47 Å². The zero-order valence-electron chi connectivity index (χ0n) is 13.8. The molecule has 0 unspecified atom stereocenters. The second-order valence-corrected chi connectivity index (χ2v) is 6.50. The van der Waals surface area contributed by atoms with Gasteiger partial charge in [-0.15, -0.1) is 0 Å². The number of rotatable bonds is 4. The Morgan fingerprint density at radius 3 is 2.12 bits per heavy atom. The van der Waals surface area contributed by atoms with E-state index in [0.29, 0.717) is 5.56 Å². The average Bonchev–Trinajstić information content (AvgIpc) is 2.67. The van der Waals surface area contributed by atoms with Crippen molar-refractivity contribution in [3.63, 3.8) is 0 Å². The van der Waals surface area contributed by atoms with Gasteiger partial charge in [-0.05, 0) is 46.0 Å². The summed E-state index contributed by atoms with van der Waals surface area (Å²) >= 11 is 3.44. The van der Waals surface area contributed by atoms with Crippen LogP contribution in [0.4, 0.5) is 0 Å². The van der Waals surface area contributed by atoms with Crippen LogP contribution in [0.5, 0.6) is 0 Å². The molecule has 0 heterocycles. The molecule has 0 aliphatic heterocycles. The lowest BCUT2D eigenvalue weighted by Crippen LogP contribution is -2.04. The topological polar surface area (TPSA) is 26.3 Å². The number of carbonyl (C=O) groups excluding carboxylic acids is 1. The summed E-state index contributed by atoms with van der Waals surface area (Å²) in [5, 5.41) is 0. The first-order valence-electron chi connectivity index (χ1n) is 7.83. The molecular weight excluding hydrogens is 376 g/mol. The SMILES string of the molecule is C=Cc1ccc(-c2ccc(-c3ccc(Br)cc3)cc2C(=O)OC)cc1. The molecule has 0 atom stereocenters. The maximum Gasteiger partial charge on any atom is 0.338 e. The van der Waals surface area contributed by atoms with E-state index in [4.69, 9.17) is 4.74 Å². The molecule has 0 saturated carbocycles. The Morgan fingerprint density at radius 2 is 1.52 bits per heavy atom. The van der Waals surface area contributed by atoms with Gasteiger partial charge in [0.15, 0.2) is 0 Å². The maximum absolute atomic E-state index is 12.3. The number of halogens is 1. The molecule has 3 heteroatoms. The average molecular weight is 393 g/mol. The largest absolute Gasteiger partial charge is 0.465 e. The fraction of sp³-hybridized carbons (Fsp3) is 0.0455. The normalized spacial score (nSPS) is 10.3. The summed E-state index contributed by atoms with van der Waals surface area (Å²) in [6, 6.07) is 21.8. The standard InChI is InChI=1S/C22H17BrO2/c1-3-15-4-6-17(7-5-15)20-13-10-18(14-21(20)22(24)25-2)16-8-11-19(23)12-9-16/h3-14H,1H2,2H3. The second kappa shape index (κ2) is 7.49. The zero-order chi connectivity index (χ0) is 17.8. The van der Waals surface area contributed by atoms with E-state index in [1.165, 1.54) is 7.11 Å². The number of carbonyl (C=O) groups is 1. The van der Waals surface area contributed by atoms with Crippen molar-refractivity contribution in [3.05, 3.63) is 88.9 Å². The lowest BCUT2D eigenvalue weighted by Gasteiger charge is -2.11. The first-order chi connectivity index (χ1) is 12.1. The predicted molar refractivity (Wildman–Crippen MR) is 106 cm³/mol. The molecule has 0 N–H and O–H groups in total. The van der Waals surface area contributed by atoms with Crippen LogP contribution in [0.15, 0.2) is 77.8 Å². The molecule has 0 spiro atoms. The molecule has 0 bridgehead atoms. The summed E-state index contributed by atoms with van der Waals surface area (Å²) in [5.74, 6) is -0.346. The Balaban J connectivity index is 2.10. The lowest BCUT2D eigenvalue weighted by atomic mass is 9.94. The van der Waals surface area contributed by atoms with Crippen LogP contribution in [0.3, 0.4) is 0 Å². The third-order valence-corrected chi connectivity index (χ3v) is 4.59. The van der Waals surface area contributed by atoms with Crippen LogP contribution in [0.25, 0.3) is 28.3 Å². The van der Waals surface area contributed by atoms with Gasteiger partial charge in [0.05, 0.1) is 12.7 Å². The first-order valence-corrected chi connectivity index (χ1v) is 8.63. The van der Waals surface area contributed by atoms with Crippen LogP contribution < -0.4 is 0 Å². The van der Waals surface area contributed by atoms with E-state index in [-0.39, 0.29) is 5.97 Å². The highest BCUT2D eigenvalue weighted by Gasteiger charge is 2.15. The Bertz CT molecular complexity index is 910. The highest BCUT2D eigenvalue weighted by atomic mass is 79.9. The minimum absolute atomic E-state index is 0.346.